The first-order chi connectivity index (χ1) is 8.65. The number of hydrogen-bond donors (Lipinski definition) is 1. The van der Waals surface area contributed by atoms with Crippen LogP contribution in [0.15, 0.2) is 0 Å². The molecule has 1 saturated carbocycles. The van der Waals surface area contributed by atoms with Crippen molar-refractivity contribution in [3.63, 3.8) is 0 Å². The summed E-state index contributed by atoms with van der Waals surface area (Å²) in [5.74, 6) is 0. The number of aliphatic hydroxyl groups excluding tert-OH is 1. The van der Waals surface area contributed by atoms with Crippen LogP contribution >= 0.6 is 0 Å². The molecule has 104 valence electrons. The zero-order valence-electron chi connectivity index (χ0n) is 10.3. The molecule has 0 saturated heterocycles. The van der Waals surface area contributed by atoms with Crippen molar-refractivity contribution in [2.75, 3.05) is 20.3 Å². The average molecular weight is 262 g/mol. The largest absolute Gasteiger partial charge is 0.508 e. The molecule has 0 aliphatic heterocycles. The fourth-order valence-electron chi connectivity index (χ4n) is 1.80. The van der Waals surface area contributed by atoms with Gasteiger partial charge in [-0.3, -0.25) is 0 Å². The third-order valence-corrected chi connectivity index (χ3v) is 2.58. The molecule has 2 unspecified atom stereocenters. The average Bonchev–Trinajstić information content (AvgIpc) is 2.36. The monoisotopic (exact) mass is 262 g/mol. The first-order valence-corrected chi connectivity index (χ1v) is 5.84. The minimum atomic E-state index is -0.812. The Morgan fingerprint density at radius 1 is 1.17 bits per heavy atom. The van der Waals surface area contributed by atoms with Crippen LogP contribution in [0.1, 0.15) is 25.7 Å². The molecule has 0 spiro atoms. The standard InChI is InChI=1S/C11H18O7/c1-15-10(13)17-8-3-2-4-9(7-8)18-11(14)16-6-5-12/h8-9,12H,2-7H2,1H3. The van der Waals surface area contributed by atoms with Gasteiger partial charge in [0.05, 0.1) is 13.7 Å². The van der Waals surface area contributed by atoms with E-state index in [1.54, 1.807) is 0 Å². The van der Waals surface area contributed by atoms with E-state index in [9.17, 15) is 9.59 Å². The molecule has 1 aliphatic carbocycles. The number of ether oxygens (including phenoxy) is 4. The Hall–Kier alpha value is -1.50. The molecule has 0 aromatic carbocycles. The maximum Gasteiger partial charge on any atom is 0.508 e. The van der Waals surface area contributed by atoms with Crippen molar-refractivity contribution >= 4 is 12.3 Å². The molecule has 0 amide bonds. The Morgan fingerprint density at radius 3 is 2.33 bits per heavy atom. The van der Waals surface area contributed by atoms with Crippen LogP contribution in [0.25, 0.3) is 0 Å². The van der Waals surface area contributed by atoms with Crippen LogP contribution in [0, 0.1) is 0 Å². The van der Waals surface area contributed by atoms with Crippen LogP contribution in [0.3, 0.4) is 0 Å². The summed E-state index contributed by atoms with van der Waals surface area (Å²) < 4.78 is 19.0. The Balaban J connectivity index is 2.30. The van der Waals surface area contributed by atoms with Crippen molar-refractivity contribution < 1.29 is 33.6 Å². The van der Waals surface area contributed by atoms with E-state index in [2.05, 4.69) is 9.47 Å². The molecule has 0 radical (unpaired) electrons. The van der Waals surface area contributed by atoms with Crippen LogP contribution in [0.4, 0.5) is 9.59 Å². The SMILES string of the molecule is COC(=O)OC1CCCC(OC(=O)OCCO)C1. The van der Waals surface area contributed by atoms with Gasteiger partial charge in [-0.05, 0) is 19.3 Å². The normalized spacial score (nSPS) is 23.0. The molecule has 7 heteroatoms. The van der Waals surface area contributed by atoms with Gasteiger partial charge in [0.15, 0.2) is 0 Å². The van der Waals surface area contributed by atoms with Crippen molar-refractivity contribution in [2.24, 2.45) is 0 Å². The van der Waals surface area contributed by atoms with E-state index < -0.39 is 12.3 Å². The van der Waals surface area contributed by atoms with Gasteiger partial charge >= 0.3 is 12.3 Å². The lowest BCUT2D eigenvalue weighted by atomic mass is 9.95. The van der Waals surface area contributed by atoms with Crippen molar-refractivity contribution in [3.05, 3.63) is 0 Å². The van der Waals surface area contributed by atoms with Crippen LogP contribution in [0.5, 0.6) is 0 Å². The summed E-state index contributed by atoms with van der Waals surface area (Å²) in [6.45, 7) is -0.332. The van der Waals surface area contributed by atoms with Crippen LogP contribution in [-0.4, -0.2) is 49.9 Å². The summed E-state index contributed by atoms with van der Waals surface area (Å²) in [6.07, 6.45) is 0.469. The molecule has 1 aliphatic rings. The Bertz CT molecular complexity index is 279. The van der Waals surface area contributed by atoms with Crippen molar-refractivity contribution in [3.8, 4) is 0 Å². The number of carbonyl (C=O) groups is 2. The predicted octanol–water partition coefficient (Wildman–Crippen LogP) is 1.23. The van der Waals surface area contributed by atoms with Crippen molar-refractivity contribution in [1.29, 1.82) is 0 Å². The molecule has 7 nitrogen and oxygen atoms in total. The molecule has 0 aromatic heterocycles. The van der Waals surface area contributed by atoms with Gasteiger partial charge in [0, 0.05) is 6.42 Å². The Kier molecular flexibility index (Phi) is 6.27. The van der Waals surface area contributed by atoms with Crippen LogP contribution < -0.4 is 0 Å². The smallest absolute Gasteiger partial charge is 0.438 e. The summed E-state index contributed by atoms with van der Waals surface area (Å²) in [7, 11) is 1.24. The van der Waals surface area contributed by atoms with Gasteiger partial charge in [-0.1, -0.05) is 0 Å². The summed E-state index contributed by atoms with van der Waals surface area (Å²) in [6, 6.07) is 0. The third kappa shape index (κ3) is 5.22. The van der Waals surface area contributed by atoms with E-state index in [1.807, 2.05) is 0 Å². The minimum Gasteiger partial charge on any atom is -0.438 e. The molecule has 18 heavy (non-hydrogen) atoms. The van der Waals surface area contributed by atoms with E-state index in [4.69, 9.17) is 14.6 Å². The first kappa shape index (κ1) is 14.6. The van der Waals surface area contributed by atoms with E-state index in [1.165, 1.54) is 7.11 Å². The number of methoxy groups -OCH3 is 1. The topological polar surface area (TPSA) is 91.3 Å². The molecule has 1 N–H and O–H groups in total. The van der Waals surface area contributed by atoms with Crippen molar-refractivity contribution in [2.45, 2.75) is 37.9 Å². The quantitative estimate of drug-likeness (QED) is 0.761. The highest BCUT2D eigenvalue weighted by molar-refractivity contribution is 5.60. The lowest BCUT2D eigenvalue weighted by molar-refractivity contribution is -0.0333. The summed E-state index contributed by atoms with van der Waals surface area (Å²) in [4.78, 5) is 22.1. The molecule has 1 rings (SSSR count). The molecule has 0 bridgehead atoms. The van der Waals surface area contributed by atoms with Gasteiger partial charge in [-0.15, -0.1) is 0 Å². The van der Waals surface area contributed by atoms with Crippen LogP contribution in [-0.2, 0) is 18.9 Å². The van der Waals surface area contributed by atoms with E-state index in [0.717, 1.165) is 12.8 Å². The van der Waals surface area contributed by atoms with Gasteiger partial charge in [0.2, 0.25) is 0 Å². The van der Waals surface area contributed by atoms with Crippen molar-refractivity contribution in [1.82, 2.24) is 0 Å². The van der Waals surface area contributed by atoms with Gasteiger partial charge in [-0.25, -0.2) is 9.59 Å². The highest BCUT2D eigenvalue weighted by atomic mass is 16.7. The fraction of sp³-hybridized carbons (Fsp3) is 0.818. The van der Waals surface area contributed by atoms with Gasteiger partial charge < -0.3 is 24.1 Å². The third-order valence-electron chi connectivity index (χ3n) is 2.58. The van der Waals surface area contributed by atoms with E-state index in [0.29, 0.717) is 12.8 Å². The van der Waals surface area contributed by atoms with E-state index >= 15 is 0 Å². The molecule has 2 atom stereocenters. The highest BCUT2D eigenvalue weighted by Crippen LogP contribution is 2.24. The predicted molar refractivity (Wildman–Crippen MR) is 59.1 cm³/mol. The fourth-order valence-corrected chi connectivity index (χ4v) is 1.80. The maximum atomic E-state index is 11.2. The van der Waals surface area contributed by atoms with Gasteiger partial charge in [-0.2, -0.15) is 0 Å². The summed E-state index contributed by atoms with van der Waals surface area (Å²) >= 11 is 0. The number of hydrogen-bond acceptors (Lipinski definition) is 7. The van der Waals surface area contributed by atoms with Gasteiger partial charge in [0.25, 0.3) is 0 Å². The molecule has 0 heterocycles. The lowest BCUT2D eigenvalue weighted by Crippen LogP contribution is -2.31. The van der Waals surface area contributed by atoms with Gasteiger partial charge in [0.1, 0.15) is 18.8 Å². The number of rotatable bonds is 4. The molecule has 0 aromatic rings. The summed E-state index contributed by atoms with van der Waals surface area (Å²) in [5, 5.41) is 8.49. The van der Waals surface area contributed by atoms with Crippen LogP contribution in [0.2, 0.25) is 0 Å². The minimum absolute atomic E-state index is 0.0896. The second-order valence-electron chi connectivity index (χ2n) is 3.92. The molecular weight excluding hydrogens is 244 g/mol. The molecule has 1 fully saturated rings. The maximum absolute atomic E-state index is 11.2. The van der Waals surface area contributed by atoms with E-state index in [-0.39, 0.29) is 25.4 Å². The second kappa shape index (κ2) is 7.75. The highest BCUT2D eigenvalue weighted by Gasteiger charge is 2.28. The first-order valence-electron chi connectivity index (χ1n) is 5.84. The second-order valence-corrected chi connectivity index (χ2v) is 3.92. The Labute approximate surface area is 105 Å². The lowest BCUT2D eigenvalue weighted by Gasteiger charge is -2.27. The number of aliphatic hydroxyl groups is 1. The Morgan fingerprint density at radius 2 is 1.78 bits per heavy atom. The zero-order valence-corrected chi connectivity index (χ0v) is 10.3. The zero-order chi connectivity index (χ0) is 13.4. The summed E-state index contributed by atoms with van der Waals surface area (Å²) in [5.41, 5.74) is 0. The number of carbonyl (C=O) groups excluding carboxylic acids is 2. The molecular formula is C11H18O7.